The molecule has 2 aromatic rings. The van der Waals surface area contributed by atoms with Gasteiger partial charge in [-0.3, -0.25) is 19.5 Å². The number of carbonyl (C=O) groups excluding carboxylic acids is 1. The van der Waals surface area contributed by atoms with Crippen LogP contribution < -0.4 is 5.32 Å². The van der Waals surface area contributed by atoms with E-state index < -0.39 is 5.54 Å². The molecule has 0 bridgehead atoms. The molecule has 0 radical (unpaired) electrons. The number of imidazole rings is 1. The summed E-state index contributed by atoms with van der Waals surface area (Å²) in [6.07, 6.45) is 13.5. The number of carboxylic acid groups (broad SMARTS) is 1. The van der Waals surface area contributed by atoms with Gasteiger partial charge in [-0.15, -0.1) is 0 Å². The second kappa shape index (κ2) is 9.45. The molecule has 0 spiro atoms. The van der Waals surface area contributed by atoms with Crippen molar-refractivity contribution in [1.82, 2.24) is 24.8 Å². The summed E-state index contributed by atoms with van der Waals surface area (Å²) in [5.74, 6) is 0.817. The molecule has 1 aliphatic carbocycles. The summed E-state index contributed by atoms with van der Waals surface area (Å²) in [5.41, 5.74) is 0.672. The van der Waals surface area contributed by atoms with Crippen molar-refractivity contribution in [3.05, 3.63) is 48.8 Å². The number of hydrogen-bond donors (Lipinski definition) is 2. The average Bonchev–Trinajstić information content (AvgIpc) is 3.37. The predicted octanol–water partition coefficient (Wildman–Crippen LogP) is 1.50. The summed E-state index contributed by atoms with van der Waals surface area (Å²) in [6, 6.07) is 4.08. The van der Waals surface area contributed by atoms with Crippen LogP contribution in [-0.4, -0.2) is 56.6 Å². The van der Waals surface area contributed by atoms with E-state index in [1.807, 2.05) is 35.3 Å². The molecule has 8 heteroatoms. The van der Waals surface area contributed by atoms with Crippen molar-refractivity contribution < 1.29 is 14.7 Å². The third-order valence-corrected chi connectivity index (χ3v) is 5.37. The lowest BCUT2D eigenvalue weighted by molar-refractivity contribution is -0.133. The van der Waals surface area contributed by atoms with Gasteiger partial charge in [-0.05, 0) is 55.8 Å². The SMILES string of the molecule is O=C(NCC1CC1)C1(n2ccnc2)CCCN(Cc2ccncc2)C1.O=CO. The average molecular weight is 385 g/mol. The van der Waals surface area contributed by atoms with Crippen LogP contribution in [0, 0.1) is 5.92 Å². The van der Waals surface area contributed by atoms with E-state index in [4.69, 9.17) is 9.90 Å². The summed E-state index contributed by atoms with van der Waals surface area (Å²) in [5, 5.41) is 10.1. The first-order valence-electron chi connectivity index (χ1n) is 9.64. The van der Waals surface area contributed by atoms with Gasteiger partial charge in [0.25, 0.3) is 6.47 Å². The number of nitrogens with one attached hydrogen (secondary N) is 1. The molecule has 8 nitrogen and oxygen atoms in total. The van der Waals surface area contributed by atoms with Gasteiger partial charge in [0.2, 0.25) is 5.91 Å². The topological polar surface area (TPSA) is 100 Å². The van der Waals surface area contributed by atoms with Crippen molar-refractivity contribution in [2.45, 2.75) is 37.8 Å². The minimum absolute atomic E-state index is 0.136. The monoisotopic (exact) mass is 385 g/mol. The van der Waals surface area contributed by atoms with E-state index in [0.717, 1.165) is 32.5 Å². The normalized spacial score (nSPS) is 22.0. The molecule has 4 rings (SSSR count). The zero-order chi connectivity index (χ0) is 19.8. The first-order chi connectivity index (χ1) is 13.7. The van der Waals surface area contributed by atoms with Crippen LogP contribution in [0.1, 0.15) is 31.2 Å². The number of nitrogens with zero attached hydrogens (tertiary/aromatic N) is 4. The molecule has 1 saturated heterocycles. The number of carbonyl (C=O) groups is 2. The summed E-state index contributed by atoms with van der Waals surface area (Å²) in [6.45, 7) is 3.12. The van der Waals surface area contributed by atoms with Crippen LogP contribution >= 0.6 is 0 Å². The molecule has 2 fully saturated rings. The smallest absolute Gasteiger partial charge is 0.290 e. The molecule has 2 N–H and O–H groups in total. The summed E-state index contributed by atoms with van der Waals surface area (Å²) in [4.78, 5) is 32.2. The summed E-state index contributed by atoms with van der Waals surface area (Å²) < 4.78 is 2.01. The quantitative estimate of drug-likeness (QED) is 0.731. The number of piperidine rings is 1. The number of pyridine rings is 1. The lowest BCUT2D eigenvalue weighted by Gasteiger charge is -2.42. The minimum atomic E-state index is -0.559. The molecule has 2 aliphatic rings. The van der Waals surface area contributed by atoms with Gasteiger partial charge >= 0.3 is 0 Å². The van der Waals surface area contributed by atoms with Gasteiger partial charge in [0.15, 0.2) is 0 Å². The number of hydrogen-bond acceptors (Lipinski definition) is 5. The Hall–Kier alpha value is -2.74. The van der Waals surface area contributed by atoms with Crippen LogP contribution in [0.25, 0.3) is 0 Å². The fraction of sp³-hybridized carbons (Fsp3) is 0.500. The Balaban J connectivity index is 0.000000706. The van der Waals surface area contributed by atoms with E-state index >= 15 is 0 Å². The first-order valence-corrected chi connectivity index (χ1v) is 9.64. The van der Waals surface area contributed by atoms with Crippen LogP contribution in [0.2, 0.25) is 0 Å². The summed E-state index contributed by atoms with van der Waals surface area (Å²) >= 11 is 0. The van der Waals surface area contributed by atoms with Crippen LogP contribution in [0.4, 0.5) is 0 Å². The maximum absolute atomic E-state index is 13.2. The molecule has 150 valence electrons. The molecular formula is C20H27N5O3. The standard InChI is InChI=1S/C19H25N5O.CH2O2/c25-18(22-12-16-2-3-16)19(24-11-9-21-15-24)6-1-10-23(14-19)13-17-4-7-20-8-5-17;2-1-3/h4-5,7-9,11,15-16H,1-3,6,10,12-14H2,(H,22,25);1H,(H,2,3). The van der Waals surface area contributed by atoms with E-state index in [9.17, 15) is 4.79 Å². The zero-order valence-electron chi connectivity index (χ0n) is 15.9. The minimum Gasteiger partial charge on any atom is -0.483 e. The Morgan fingerprint density at radius 2 is 2.04 bits per heavy atom. The third kappa shape index (κ3) is 4.95. The highest BCUT2D eigenvalue weighted by Crippen LogP contribution is 2.32. The first kappa shape index (κ1) is 20.0. The summed E-state index contributed by atoms with van der Waals surface area (Å²) in [7, 11) is 0. The van der Waals surface area contributed by atoms with Gasteiger partial charge in [-0.1, -0.05) is 0 Å². The van der Waals surface area contributed by atoms with Crippen molar-refractivity contribution >= 4 is 12.4 Å². The van der Waals surface area contributed by atoms with Crippen LogP contribution in [0.5, 0.6) is 0 Å². The fourth-order valence-corrected chi connectivity index (χ4v) is 3.75. The van der Waals surface area contributed by atoms with E-state index in [-0.39, 0.29) is 12.4 Å². The van der Waals surface area contributed by atoms with Gasteiger partial charge in [-0.25, -0.2) is 4.98 Å². The van der Waals surface area contributed by atoms with Crippen molar-refractivity contribution in [3.8, 4) is 0 Å². The molecule has 28 heavy (non-hydrogen) atoms. The van der Waals surface area contributed by atoms with Gasteiger partial charge in [-0.2, -0.15) is 0 Å². The van der Waals surface area contributed by atoms with Gasteiger partial charge < -0.3 is 15.0 Å². The van der Waals surface area contributed by atoms with Crippen LogP contribution in [0.3, 0.4) is 0 Å². The van der Waals surface area contributed by atoms with Gasteiger partial charge in [0, 0.05) is 44.4 Å². The van der Waals surface area contributed by atoms with Crippen molar-refractivity contribution in [2.75, 3.05) is 19.6 Å². The number of likely N-dealkylation sites (tertiary alicyclic amines) is 1. The molecule has 1 saturated carbocycles. The second-order valence-corrected chi connectivity index (χ2v) is 7.43. The number of rotatable bonds is 6. The van der Waals surface area contributed by atoms with E-state index in [1.54, 1.807) is 12.5 Å². The fourth-order valence-electron chi connectivity index (χ4n) is 3.75. The highest BCUT2D eigenvalue weighted by atomic mass is 16.3. The Morgan fingerprint density at radius 1 is 1.29 bits per heavy atom. The molecule has 3 heterocycles. The van der Waals surface area contributed by atoms with Gasteiger partial charge in [0.05, 0.1) is 6.33 Å². The Kier molecular flexibility index (Phi) is 6.76. The molecular weight excluding hydrogens is 358 g/mol. The maximum Gasteiger partial charge on any atom is 0.290 e. The molecule has 0 aromatic carbocycles. The van der Waals surface area contributed by atoms with E-state index in [0.29, 0.717) is 12.5 Å². The highest BCUT2D eigenvalue weighted by Gasteiger charge is 2.44. The zero-order valence-corrected chi connectivity index (χ0v) is 15.9. The lowest BCUT2D eigenvalue weighted by atomic mass is 9.87. The van der Waals surface area contributed by atoms with Crippen molar-refractivity contribution in [2.24, 2.45) is 5.92 Å². The van der Waals surface area contributed by atoms with Crippen molar-refractivity contribution in [3.63, 3.8) is 0 Å². The van der Waals surface area contributed by atoms with Crippen molar-refractivity contribution in [1.29, 1.82) is 0 Å². The molecule has 1 amide bonds. The third-order valence-electron chi connectivity index (χ3n) is 5.37. The Labute approximate surface area is 164 Å². The second-order valence-electron chi connectivity index (χ2n) is 7.43. The Bertz CT molecular complexity index is 748. The number of amides is 1. The highest BCUT2D eigenvalue weighted by molar-refractivity contribution is 5.85. The molecule has 1 atom stereocenters. The lowest BCUT2D eigenvalue weighted by Crippen LogP contribution is -2.58. The van der Waals surface area contributed by atoms with Crippen LogP contribution in [-0.2, 0) is 21.7 Å². The Morgan fingerprint density at radius 3 is 2.68 bits per heavy atom. The molecule has 1 unspecified atom stereocenters. The van der Waals surface area contributed by atoms with E-state index in [2.05, 4.69) is 20.2 Å². The molecule has 2 aromatic heterocycles. The van der Waals surface area contributed by atoms with Crippen LogP contribution in [0.15, 0.2) is 43.2 Å². The maximum atomic E-state index is 13.2. The van der Waals surface area contributed by atoms with Gasteiger partial charge in [0.1, 0.15) is 5.54 Å². The van der Waals surface area contributed by atoms with E-state index in [1.165, 1.54) is 18.4 Å². The largest absolute Gasteiger partial charge is 0.483 e. The predicted molar refractivity (Wildman–Crippen MR) is 103 cm³/mol. The molecule has 1 aliphatic heterocycles. The number of aromatic nitrogens is 3.